The fraction of sp³-hybridized carbons (Fsp3) is 0.528. The Hall–Kier alpha value is -3.29. The first kappa shape index (κ1) is 29.8. The number of benzene rings is 2. The summed E-state index contributed by atoms with van der Waals surface area (Å²) in [5, 5.41) is 0. The second-order valence-electron chi connectivity index (χ2n) is 13.3. The lowest BCUT2D eigenvalue weighted by molar-refractivity contribution is -0.135. The van der Waals surface area contributed by atoms with Crippen molar-refractivity contribution in [2.45, 2.75) is 73.0 Å². The highest BCUT2D eigenvalue weighted by molar-refractivity contribution is 5.82. The van der Waals surface area contributed by atoms with Crippen LogP contribution in [0.5, 0.6) is 5.75 Å². The van der Waals surface area contributed by atoms with Gasteiger partial charge in [-0.1, -0.05) is 43.7 Å². The molecule has 228 valence electrons. The zero-order valence-corrected chi connectivity index (χ0v) is 26.5. The molecule has 3 aliphatic rings. The van der Waals surface area contributed by atoms with Gasteiger partial charge in [0, 0.05) is 49.3 Å². The SMILES string of the molecule is CC(=O)C(C)(C)C1CC(OCCN2CCN(c3nc(C)nc4c3CCc3cc(OCc5ccc(C)cc5)ccc3-4)CC2)C1. The maximum absolute atomic E-state index is 11.9. The van der Waals surface area contributed by atoms with Gasteiger partial charge in [-0.25, -0.2) is 9.97 Å². The summed E-state index contributed by atoms with van der Waals surface area (Å²) in [6.45, 7) is 16.2. The average Bonchev–Trinajstić information content (AvgIpc) is 2.97. The lowest BCUT2D eigenvalue weighted by Gasteiger charge is -2.44. The van der Waals surface area contributed by atoms with Crippen LogP contribution in [0, 0.1) is 25.2 Å². The largest absolute Gasteiger partial charge is 0.489 e. The summed E-state index contributed by atoms with van der Waals surface area (Å²) in [6, 6.07) is 15.0. The molecule has 3 aromatic rings. The van der Waals surface area contributed by atoms with Gasteiger partial charge in [-0.15, -0.1) is 0 Å². The molecule has 0 spiro atoms. The van der Waals surface area contributed by atoms with Crippen molar-refractivity contribution in [2.24, 2.45) is 11.3 Å². The number of ketones is 1. The molecule has 0 unspecified atom stereocenters. The minimum Gasteiger partial charge on any atom is -0.489 e. The van der Waals surface area contributed by atoms with E-state index in [0.29, 0.717) is 18.6 Å². The number of fused-ring (bicyclic) bond motifs is 3. The number of Topliss-reactive ketones (excluding diaryl/α,β-unsaturated/α-hetero) is 1. The van der Waals surface area contributed by atoms with Crippen LogP contribution >= 0.6 is 0 Å². The van der Waals surface area contributed by atoms with E-state index in [2.05, 4.69) is 73.0 Å². The standard InChI is InChI=1S/C36H46N4O3/c1-24-6-8-27(9-7-24)23-43-30-11-13-32-28(20-30)10-12-33-34(32)37-26(3)38-35(33)40-16-14-39(15-17-40)18-19-42-31-21-29(22-31)36(4,5)25(2)41/h6-9,11,13,20,29,31H,10,12,14-19,21-23H2,1-5H3. The Kier molecular flexibility index (Phi) is 8.56. The number of aromatic nitrogens is 2. The average molecular weight is 583 g/mol. The first-order valence-corrected chi connectivity index (χ1v) is 16.0. The monoisotopic (exact) mass is 582 g/mol. The van der Waals surface area contributed by atoms with E-state index in [9.17, 15) is 4.79 Å². The third-order valence-corrected chi connectivity index (χ3v) is 10.1. The smallest absolute Gasteiger partial charge is 0.136 e. The van der Waals surface area contributed by atoms with E-state index >= 15 is 0 Å². The van der Waals surface area contributed by atoms with Crippen LogP contribution in [0.2, 0.25) is 0 Å². The molecule has 2 aliphatic carbocycles. The van der Waals surface area contributed by atoms with Gasteiger partial charge in [-0.3, -0.25) is 9.69 Å². The van der Waals surface area contributed by atoms with E-state index in [4.69, 9.17) is 19.4 Å². The summed E-state index contributed by atoms with van der Waals surface area (Å²) < 4.78 is 12.3. The molecule has 6 rings (SSSR count). The molecule has 0 atom stereocenters. The van der Waals surface area contributed by atoms with E-state index in [1.54, 1.807) is 6.92 Å². The number of ether oxygens (including phenoxy) is 2. The van der Waals surface area contributed by atoms with Gasteiger partial charge >= 0.3 is 0 Å². The first-order chi connectivity index (χ1) is 20.7. The molecule has 7 heteroatoms. The number of rotatable bonds is 10. The van der Waals surface area contributed by atoms with E-state index in [0.717, 1.165) is 88.1 Å². The molecule has 43 heavy (non-hydrogen) atoms. The van der Waals surface area contributed by atoms with Gasteiger partial charge in [0.25, 0.3) is 0 Å². The predicted octanol–water partition coefficient (Wildman–Crippen LogP) is 5.97. The number of anilines is 1. The van der Waals surface area contributed by atoms with Crippen LogP contribution < -0.4 is 9.64 Å². The van der Waals surface area contributed by atoms with Gasteiger partial charge in [0.1, 0.15) is 29.8 Å². The fourth-order valence-corrected chi connectivity index (χ4v) is 6.61. The number of hydrogen-bond acceptors (Lipinski definition) is 7. The minimum atomic E-state index is -0.226. The van der Waals surface area contributed by atoms with Crippen LogP contribution in [-0.4, -0.2) is 66.1 Å². The van der Waals surface area contributed by atoms with Crippen molar-refractivity contribution >= 4 is 11.6 Å². The Labute approximate surface area is 256 Å². The molecule has 1 aromatic heterocycles. The molecule has 0 amide bonds. The molecule has 2 heterocycles. The van der Waals surface area contributed by atoms with Crippen molar-refractivity contribution in [3.8, 4) is 17.0 Å². The number of piperazine rings is 1. The minimum absolute atomic E-state index is 0.226. The molecular weight excluding hydrogens is 536 g/mol. The van der Waals surface area contributed by atoms with Gasteiger partial charge in [-0.05, 0) is 81.7 Å². The Morgan fingerprint density at radius 2 is 1.72 bits per heavy atom. The molecule has 2 aromatic carbocycles. The molecular formula is C36H46N4O3. The second-order valence-corrected chi connectivity index (χ2v) is 13.3. The van der Waals surface area contributed by atoms with Crippen LogP contribution in [0.15, 0.2) is 42.5 Å². The summed E-state index contributed by atoms with van der Waals surface area (Å²) in [5.74, 6) is 3.57. The second kappa shape index (κ2) is 12.4. The molecule has 2 fully saturated rings. The quantitative estimate of drug-likeness (QED) is 0.292. The van der Waals surface area contributed by atoms with E-state index < -0.39 is 0 Å². The molecule has 1 saturated carbocycles. The Balaban J connectivity index is 1.03. The third-order valence-electron chi connectivity index (χ3n) is 10.1. The maximum atomic E-state index is 11.9. The summed E-state index contributed by atoms with van der Waals surface area (Å²) >= 11 is 0. The molecule has 1 aliphatic heterocycles. The number of hydrogen-bond donors (Lipinski definition) is 0. The normalized spacial score (nSPS) is 20.3. The molecule has 1 saturated heterocycles. The fourth-order valence-electron chi connectivity index (χ4n) is 6.61. The van der Waals surface area contributed by atoms with Gasteiger partial charge in [-0.2, -0.15) is 0 Å². The zero-order valence-electron chi connectivity index (χ0n) is 26.5. The van der Waals surface area contributed by atoms with Crippen molar-refractivity contribution in [3.63, 3.8) is 0 Å². The van der Waals surface area contributed by atoms with Crippen molar-refractivity contribution in [1.82, 2.24) is 14.9 Å². The van der Waals surface area contributed by atoms with Crippen LogP contribution in [-0.2, 0) is 29.0 Å². The third kappa shape index (κ3) is 6.48. The summed E-state index contributed by atoms with van der Waals surface area (Å²) in [5.41, 5.74) is 7.07. The lowest BCUT2D eigenvalue weighted by Crippen LogP contribution is -2.49. The molecule has 0 N–H and O–H groups in total. The van der Waals surface area contributed by atoms with Crippen molar-refractivity contribution < 1.29 is 14.3 Å². The lowest BCUT2D eigenvalue weighted by atomic mass is 9.64. The van der Waals surface area contributed by atoms with Gasteiger partial charge < -0.3 is 14.4 Å². The van der Waals surface area contributed by atoms with Crippen LogP contribution in [0.25, 0.3) is 11.3 Å². The summed E-state index contributed by atoms with van der Waals surface area (Å²) in [6.07, 6.45) is 4.22. The van der Waals surface area contributed by atoms with E-state index in [1.807, 2.05) is 6.92 Å². The molecule has 0 bridgehead atoms. The molecule has 7 nitrogen and oxygen atoms in total. The van der Waals surface area contributed by atoms with Crippen molar-refractivity contribution in [3.05, 3.63) is 70.5 Å². The number of aryl methyl sites for hydroxylation is 3. The maximum Gasteiger partial charge on any atom is 0.136 e. The van der Waals surface area contributed by atoms with Crippen LogP contribution in [0.3, 0.4) is 0 Å². The van der Waals surface area contributed by atoms with E-state index in [1.165, 1.54) is 27.8 Å². The van der Waals surface area contributed by atoms with Crippen LogP contribution in [0.1, 0.15) is 61.7 Å². The Morgan fingerprint density at radius 3 is 2.44 bits per heavy atom. The van der Waals surface area contributed by atoms with Crippen molar-refractivity contribution in [2.75, 3.05) is 44.2 Å². The van der Waals surface area contributed by atoms with Gasteiger partial charge in [0.05, 0.1) is 18.4 Å². The highest BCUT2D eigenvalue weighted by atomic mass is 16.5. The summed E-state index contributed by atoms with van der Waals surface area (Å²) in [4.78, 5) is 26.8. The van der Waals surface area contributed by atoms with Gasteiger partial charge in [0.15, 0.2) is 0 Å². The number of carbonyl (C=O) groups excluding carboxylic acids is 1. The number of carbonyl (C=O) groups is 1. The van der Waals surface area contributed by atoms with Crippen LogP contribution in [0.4, 0.5) is 5.82 Å². The highest BCUT2D eigenvalue weighted by Gasteiger charge is 2.43. The molecule has 0 radical (unpaired) electrons. The highest BCUT2D eigenvalue weighted by Crippen LogP contribution is 2.44. The van der Waals surface area contributed by atoms with E-state index in [-0.39, 0.29) is 11.2 Å². The number of nitrogens with zero attached hydrogens (tertiary/aromatic N) is 4. The first-order valence-electron chi connectivity index (χ1n) is 16.0. The van der Waals surface area contributed by atoms with Gasteiger partial charge in [0.2, 0.25) is 0 Å². The Morgan fingerprint density at radius 1 is 0.977 bits per heavy atom. The summed E-state index contributed by atoms with van der Waals surface area (Å²) in [7, 11) is 0. The Bertz CT molecular complexity index is 1450. The zero-order chi connectivity index (χ0) is 30.1. The van der Waals surface area contributed by atoms with Crippen molar-refractivity contribution in [1.29, 1.82) is 0 Å². The predicted molar refractivity (Wildman–Crippen MR) is 171 cm³/mol. The topological polar surface area (TPSA) is 67.8 Å².